The highest BCUT2D eigenvalue weighted by molar-refractivity contribution is 7.98. The van der Waals surface area contributed by atoms with Gasteiger partial charge in [0.15, 0.2) is 0 Å². The van der Waals surface area contributed by atoms with Crippen molar-refractivity contribution in [3.63, 3.8) is 0 Å². The van der Waals surface area contributed by atoms with Gasteiger partial charge in [0.2, 0.25) is 0 Å². The first-order valence-corrected chi connectivity index (χ1v) is 10.2. The Morgan fingerprint density at radius 2 is 2.27 bits per heavy atom. The molecule has 3 aromatic rings. The Balaban J connectivity index is 1.68. The second-order valence-electron chi connectivity index (χ2n) is 5.86. The van der Waals surface area contributed by atoms with Crippen LogP contribution in [0.25, 0.3) is 10.2 Å². The van der Waals surface area contributed by atoms with Crippen molar-refractivity contribution in [1.29, 1.82) is 0 Å². The zero-order chi connectivity index (χ0) is 15.1. The first-order valence-electron chi connectivity index (χ1n) is 7.49. The third-order valence-corrected chi connectivity index (χ3v) is 7.09. The van der Waals surface area contributed by atoms with Crippen molar-refractivity contribution < 1.29 is 0 Å². The lowest BCUT2D eigenvalue weighted by molar-refractivity contribution is 0.509. The van der Waals surface area contributed by atoms with Crippen LogP contribution in [0.5, 0.6) is 0 Å². The molecule has 1 aliphatic carbocycles. The van der Waals surface area contributed by atoms with Crippen molar-refractivity contribution >= 4 is 44.7 Å². The highest BCUT2D eigenvalue weighted by Crippen LogP contribution is 2.41. The number of nitrogens with zero attached hydrogens (tertiary/aromatic N) is 3. The summed E-state index contributed by atoms with van der Waals surface area (Å²) in [5.41, 5.74) is 2.66. The largest absolute Gasteiger partial charge is 0.246 e. The molecule has 0 unspecified atom stereocenters. The molecule has 1 atom stereocenters. The van der Waals surface area contributed by atoms with Crippen LogP contribution in [0.1, 0.15) is 34.5 Å². The molecule has 1 aliphatic rings. The zero-order valence-electron chi connectivity index (χ0n) is 12.6. The van der Waals surface area contributed by atoms with E-state index in [-0.39, 0.29) is 0 Å². The van der Waals surface area contributed by atoms with Gasteiger partial charge in [-0.3, -0.25) is 0 Å². The molecular formula is C16H17N3S3. The summed E-state index contributed by atoms with van der Waals surface area (Å²) in [6.07, 6.45) is 5.37. The number of hydrogen-bond donors (Lipinski definition) is 0. The molecule has 0 amide bonds. The molecule has 4 rings (SSSR count). The quantitative estimate of drug-likeness (QED) is 0.500. The average molecular weight is 348 g/mol. The molecular weight excluding hydrogens is 330 g/mol. The fourth-order valence-corrected chi connectivity index (χ4v) is 6.02. The minimum Gasteiger partial charge on any atom is -0.246 e. The van der Waals surface area contributed by atoms with Crippen molar-refractivity contribution in [3.8, 4) is 0 Å². The Bertz CT molecular complexity index is 821. The topological polar surface area (TPSA) is 38.7 Å². The molecule has 0 aliphatic heterocycles. The molecule has 0 fully saturated rings. The molecule has 0 bridgehead atoms. The number of aryl methyl sites for hydroxylation is 2. The van der Waals surface area contributed by atoms with E-state index in [0.717, 1.165) is 32.2 Å². The van der Waals surface area contributed by atoms with Crippen molar-refractivity contribution in [3.05, 3.63) is 32.8 Å². The highest BCUT2D eigenvalue weighted by Gasteiger charge is 2.23. The molecule has 0 saturated carbocycles. The van der Waals surface area contributed by atoms with E-state index >= 15 is 0 Å². The van der Waals surface area contributed by atoms with E-state index in [1.165, 1.54) is 35.1 Å². The number of rotatable bonds is 3. The highest BCUT2D eigenvalue weighted by atomic mass is 32.2. The maximum atomic E-state index is 4.56. The summed E-state index contributed by atoms with van der Waals surface area (Å²) < 4.78 is 0. The fourth-order valence-electron chi connectivity index (χ4n) is 2.97. The van der Waals surface area contributed by atoms with Crippen LogP contribution < -0.4 is 0 Å². The minimum absolute atomic E-state index is 0.794. The van der Waals surface area contributed by atoms with E-state index in [0.29, 0.717) is 0 Å². The third-order valence-electron chi connectivity index (χ3n) is 4.08. The Morgan fingerprint density at radius 1 is 1.36 bits per heavy atom. The van der Waals surface area contributed by atoms with Gasteiger partial charge in [-0.2, -0.15) is 0 Å². The van der Waals surface area contributed by atoms with Crippen LogP contribution in [0.2, 0.25) is 0 Å². The lowest BCUT2D eigenvalue weighted by Gasteiger charge is -2.18. The number of aromatic nitrogens is 3. The standard InChI is InChI=1S/C16H17N3S3/c1-9-3-4-12-13(5-9)22-16-14(12)15(17-8-18-16)21-7-11-6-20-10(2)19-11/h6,8-9H,3-5,7H2,1-2H3/t9-/m1/s1. The molecule has 114 valence electrons. The van der Waals surface area contributed by atoms with E-state index in [1.54, 1.807) is 29.4 Å². The number of thiophene rings is 1. The molecule has 0 aromatic carbocycles. The van der Waals surface area contributed by atoms with Crippen LogP contribution in [0.3, 0.4) is 0 Å². The molecule has 3 heterocycles. The van der Waals surface area contributed by atoms with E-state index in [1.807, 2.05) is 11.3 Å². The van der Waals surface area contributed by atoms with Crippen molar-refractivity contribution in [2.75, 3.05) is 0 Å². The molecule has 0 N–H and O–H groups in total. The van der Waals surface area contributed by atoms with Crippen LogP contribution in [-0.2, 0) is 18.6 Å². The van der Waals surface area contributed by atoms with Gasteiger partial charge in [-0.15, -0.1) is 22.7 Å². The summed E-state index contributed by atoms with van der Waals surface area (Å²) in [7, 11) is 0. The van der Waals surface area contributed by atoms with Gasteiger partial charge in [0.05, 0.1) is 10.7 Å². The summed E-state index contributed by atoms with van der Waals surface area (Å²) in [5, 5.41) is 5.71. The van der Waals surface area contributed by atoms with E-state index in [9.17, 15) is 0 Å². The first-order chi connectivity index (χ1) is 10.7. The minimum atomic E-state index is 0.794. The van der Waals surface area contributed by atoms with E-state index < -0.39 is 0 Å². The lowest BCUT2D eigenvalue weighted by Crippen LogP contribution is -2.08. The maximum absolute atomic E-state index is 4.56. The smallest absolute Gasteiger partial charge is 0.128 e. The number of thiazole rings is 1. The second kappa shape index (κ2) is 5.91. The SMILES string of the molecule is Cc1nc(CSc2ncnc3sc4c(c23)CC[C@@H](C)C4)cs1. The van der Waals surface area contributed by atoms with Gasteiger partial charge in [0.25, 0.3) is 0 Å². The van der Waals surface area contributed by atoms with Crippen molar-refractivity contribution in [2.24, 2.45) is 5.92 Å². The normalized spacial score (nSPS) is 17.8. The third kappa shape index (κ3) is 2.68. The molecule has 0 radical (unpaired) electrons. The van der Waals surface area contributed by atoms with Crippen LogP contribution in [0, 0.1) is 12.8 Å². The zero-order valence-corrected chi connectivity index (χ0v) is 15.1. The van der Waals surface area contributed by atoms with Crippen LogP contribution in [-0.4, -0.2) is 15.0 Å². The van der Waals surface area contributed by atoms with Gasteiger partial charge >= 0.3 is 0 Å². The van der Waals surface area contributed by atoms with Gasteiger partial charge in [-0.05, 0) is 37.7 Å². The Kier molecular flexibility index (Phi) is 3.92. The van der Waals surface area contributed by atoms with Gasteiger partial charge < -0.3 is 0 Å². The van der Waals surface area contributed by atoms with Crippen molar-refractivity contribution in [1.82, 2.24) is 15.0 Å². The van der Waals surface area contributed by atoms with Crippen LogP contribution in [0.15, 0.2) is 16.7 Å². The Labute approximate surface area is 142 Å². The number of fused-ring (bicyclic) bond motifs is 3. The van der Waals surface area contributed by atoms with E-state index in [4.69, 9.17) is 0 Å². The van der Waals surface area contributed by atoms with Gasteiger partial charge in [0.1, 0.15) is 16.2 Å². The summed E-state index contributed by atoms with van der Waals surface area (Å²) in [5.74, 6) is 1.68. The summed E-state index contributed by atoms with van der Waals surface area (Å²) in [6.45, 7) is 4.40. The van der Waals surface area contributed by atoms with Gasteiger partial charge in [0, 0.05) is 21.4 Å². The number of hydrogen-bond acceptors (Lipinski definition) is 6. The predicted molar refractivity (Wildman–Crippen MR) is 95.0 cm³/mol. The summed E-state index contributed by atoms with van der Waals surface area (Å²) in [4.78, 5) is 16.3. The summed E-state index contributed by atoms with van der Waals surface area (Å²) >= 11 is 5.37. The van der Waals surface area contributed by atoms with E-state index in [2.05, 4.69) is 34.2 Å². The van der Waals surface area contributed by atoms with Gasteiger partial charge in [-0.1, -0.05) is 18.7 Å². The van der Waals surface area contributed by atoms with Crippen molar-refractivity contribution in [2.45, 2.75) is 43.9 Å². The average Bonchev–Trinajstić information content (AvgIpc) is 3.07. The molecule has 3 aromatic heterocycles. The lowest BCUT2D eigenvalue weighted by atomic mass is 9.89. The first kappa shape index (κ1) is 14.6. The molecule has 0 spiro atoms. The van der Waals surface area contributed by atoms with Gasteiger partial charge in [-0.25, -0.2) is 15.0 Å². The van der Waals surface area contributed by atoms with Crippen LogP contribution >= 0.6 is 34.4 Å². The number of thioether (sulfide) groups is 1. The Hall–Kier alpha value is -0.980. The molecule has 22 heavy (non-hydrogen) atoms. The van der Waals surface area contributed by atoms with Crippen LogP contribution in [0.4, 0.5) is 0 Å². The second-order valence-corrected chi connectivity index (χ2v) is 8.97. The monoisotopic (exact) mass is 347 g/mol. The maximum Gasteiger partial charge on any atom is 0.128 e. The predicted octanol–water partition coefficient (Wildman–Crippen LogP) is 4.87. The molecule has 0 saturated heterocycles. The Morgan fingerprint density at radius 3 is 3.09 bits per heavy atom. The summed E-state index contributed by atoms with van der Waals surface area (Å²) in [6, 6.07) is 0. The fraction of sp³-hybridized carbons (Fsp3) is 0.438. The molecule has 3 nitrogen and oxygen atoms in total. The molecule has 6 heteroatoms.